The van der Waals surface area contributed by atoms with Gasteiger partial charge in [-0.05, 0) is 30.2 Å². The highest BCUT2D eigenvalue weighted by molar-refractivity contribution is 8.00. The maximum absolute atomic E-state index is 12.0. The van der Waals surface area contributed by atoms with Crippen LogP contribution in [0, 0.1) is 11.8 Å². The molecule has 0 aromatic heterocycles. The van der Waals surface area contributed by atoms with Crippen molar-refractivity contribution in [3.8, 4) is 11.8 Å². The summed E-state index contributed by atoms with van der Waals surface area (Å²) in [4.78, 5) is 12.0. The molecule has 1 aromatic rings. The minimum atomic E-state index is 0.127. The van der Waals surface area contributed by atoms with Crippen molar-refractivity contribution in [1.82, 2.24) is 5.32 Å². The minimum absolute atomic E-state index is 0.127. The second-order valence-corrected chi connectivity index (χ2v) is 5.69. The summed E-state index contributed by atoms with van der Waals surface area (Å²) in [5.74, 6) is 7.12. The number of benzene rings is 1. The molecule has 1 atom stereocenters. The summed E-state index contributed by atoms with van der Waals surface area (Å²) in [7, 11) is 0. The quantitative estimate of drug-likeness (QED) is 0.822. The van der Waals surface area contributed by atoms with Crippen LogP contribution in [0.4, 0.5) is 0 Å². The van der Waals surface area contributed by atoms with Crippen LogP contribution in [0.1, 0.15) is 24.0 Å². The fraction of sp³-hybridized carbons (Fsp3) is 0.400. The molecular formula is C15H18N2OS. The minimum Gasteiger partial charge on any atom is -0.351 e. The fourth-order valence-corrected chi connectivity index (χ4v) is 3.21. The highest BCUT2D eigenvalue weighted by Gasteiger charge is 2.22. The van der Waals surface area contributed by atoms with E-state index >= 15 is 0 Å². The van der Waals surface area contributed by atoms with Gasteiger partial charge in [-0.25, -0.2) is 0 Å². The predicted molar refractivity (Wildman–Crippen MR) is 79.7 cm³/mol. The zero-order valence-electron chi connectivity index (χ0n) is 10.8. The number of hydrogen-bond donors (Lipinski definition) is 2. The Labute approximate surface area is 118 Å². The van der Waals surface area contributed by atoms with Crippen molar-refractivity contribution in [2.24, 2.45) is 5.73 Å². The van der Waals surface area contributed by atoms with Crippen LogP contribution in [0.15, 0.2) is 24.3 Å². The lowest BCUT2D eigenvalue weighted by Gasteiger charge is -2.11. The molecule has 0 saturated carbocycles. The summed E-state index contributed by atoms with van der Waals surface area (Å²) in [5, 5.41) is 3.13. The second kappa shape index (κ2) is 7.22. The van der Waals surface area contributed by atoms with Gasteiger partial charge in [0.15, 0.2) is 0 Å². The summed E-state index contributed by atoms with van der Waals surface area (Å²) < 4.78 is 0. The van der Waals surface area contributed by atoms with Crippen molar-refractivity contribution in [3.63, 3.8) is 0 Å². The number of nitrogens with one attached hydrogen (secondary N) is 1. The van der Waals surface area contributed by atoms with Crippen LogP contribution in [0.3, 0.4) is 0 Å². The Hall–Kier alpha value is -1.44. The predicted octanol–water partition coefficient (Wildman–Crippen LogP) is 1.51. The molecule has 0 bridgehead atoms. The average molecular weight is 274 g/mol. The van der Waals surface area contributed by atoms with Crippen molar-refractivity contribution in [2.45, 2.75) is 24.6 Å². The lowest BCUT2D eigenvalue weighted by atomic mass is 10.1. The van der Waals surface area contributed by atoms with Gasteiger partial charge in [0.1, 0.15) is 0 Å². The third-order valence-electron chi connectivity index (χ3n) is 3.02. The summed E-state index contributed by atoms with van der Waals surface area (Å²) in [5.41, 5.74) is 7.36. The monoisotopic (exact) mass is 274 g/mol. The van der Waals surface area contributed by atoms with Gasteiger partial charge in [0, 0.05) is 12.1 Å². The number of rotatable bonds is 3. The number of amides is 1. The maximum Gasteiger partial charge on any atom is 0.233 e. The molecule has 1 aliphatic heterocycles. The summed E-state index contributed by atoms with van der Waals surface area (Å²) in [6.07, 6.45) is 2.13. The van der Waals surface area contributed by atoms with E-state index in [0.29, 0.717) is 13.1 Å². The molecule has 1 unspecified atom stereocenters. The van der Waals surface area contributed by atoms with Gasteiger partial charge in [0.2, 0.25) is 5.91 Å². The lowest BCUT2D eigenvalue weighted by molar-refractivity contribution is -0.120. The van der Waals surface area contributed by atoms with E-state index in [9.17, 15) is 4.79 Å². The molecule has 1 heterocycles. The van der Waals surface area contributed by atoms with Crippen molar-refractivity contribution in [1.29, 1.82) is 0 Å². The van der Waals surface area contributed by atoms with E-state index in [1.807, 2.05) is 24.3 Å². The Balaban J connectivity index is 1.97. The van der Waals surface area contributed by atoms with Crippen molar-refractivity contribution < 1.29 is 4.79 Å². The SMILES string of the molecule is NCC#Cc1ccccc1CNC(=O)C1CCCS1. The summed E-state index contributed by atoms with van der Waals surface area (Å²) >= 11 is 1.75. The molecule has 3 nitrogen and oxygen atoms in total. The van der Waals surface area contributed by atoms with Gasteiger partial charge in [-0.2, -0.15) is 0 Å². The second-order valence-electron chi connectivity index (χ2n) is 4.38. The van der Waals surface area contributed by atoms with E-state index in [2.05, 4.69) is 17.2 Å². The molecular weight excluding hydrogens is 256 g/mol. The molecule has 1 saturated heterocycles. The van der Waals surface area contributed by atoms with Gasteiger partial charge in [-0.3, -0.25) is 4.79 Å². The van der Waals surface area contributed by atoms with E-state index in [4.69, 9.17) is 5.73 Å². The topological polar surface area (TPSA) is 55.1 Å². The van der Waals surface area contributed by atoms with Crippen molar-refractivity contribution in [2.75, 3.05) is 12.3 Å². The zero-order valence-corrected chi connectivity index (χ0v) is 11.6. The van der Waals surface area contributed by atoms with E-state index in [1.54, 1.807) is 11.8 Å². The van der Waals surface area contributed by atoms with Gasteiger partial charge < -0.3 is 11.1 Å². The normalized spacial score (nSPS) is 17.6. The molecule has 4 heteroatoms. The molecule has 0 aliphatic carbocycles. The molecule has 1 amide bonds. The first kappa shape index (κ1) is 14.0. The Morgan fingerprint density at radius 3 is 3.05 bits per heavy atom. The Bertz CT molecular complexity index is 498. The van der Waals surface area contributed by atoms with Gasteiger partial charge in [0.05, 0.1) is 11.8 Å². The number of carbonyl (C=O) groups is 1. The van der Waals surface area contributed by atoms with E-state index in [-0.39, 0.29) is 11.2 Å². The standard InChI is InChI=1S/C15H18N2OS/c16-9-3-7-12-5-1-2-6-13(12)11-17-15(18)14-8-4-10-19-14/h1-2,5-6,14H,4,8-11,16H2,(H,17,18). The Morgan fingerprint density at radius 1 is 1.47 bits per heavy atom. The Morgan fingerprint density at radius 2 is 2.32 bits per heavy atom. The first-order valence-electron chi connectivity index (χ1n) is 6.47. The number of thioether (sulfide) groups is 1. The van der Waals surface area contributed by atoms with Gasteiger partial charge in [0.25, 0.3) is 0 Å². The largest absolute Gasteiger partial charge is 0.351 e. The van der Waals surface area contributed by atoms with Crippen LogP contribution >= 0.6 is 11.8 Å². The van der Waals surface area contributed by atoms with Gasteiger partial charge in [-0.1, -0.05) is 30.0 Å². The molecule has 1 aliphatic rings. The summed E-state index contributed by atoms with van der Waals surface area (Å²) in [6, 6.07) is 7.84. The highest BCUT2D eigenvalue weighted by Crippen LogP contribution is 2.26. The molecule has 2 rings (SSSR count). The maximum atomic E-state index is 12.0. The number of nitrogens with two attached hydrogens (primary N) is 1. The third kappa shape index (κ3) is 4.02. The van der Waals surface area contributed by atoms with Crippen LogP contribution in [0.5, 0.6) is 0 Å². The van der Waals surface area contributed by atoms with Crippen molar-refractivity contribution in [3.05, 3.63) is 35.4 Å². The smallest absolute Gasteiger partial charge is 0.233 e. The molecule has 19 heavy (non-hydrogen) atoms. The van der Waals surface area contributed by atoms with Crippen LogP contribution in [0.2, 0.25) is 0 Å². The van der Waals surface area contributed by atoms with Crippen LogP contribution in [-0.4, -0.2) is 23.5 Å². The van der Waals surface area contributed by atoms with Gasteiger partial charge in [-0.15, -0.1) is 11.8 Å². The lowest BCUT2D eigenvalue weighted by Crippen LogP contribution is -2.31. The first-order valence-corrected chi connectivity index (χ1v) is 7.52. The van der Waals surface area contributed by atoms with Crippen molar-refractivity contribution >= 4 is 17.7 Å². The van der Waals surface area contributed by atoms with Crippen LogP contribution in [-0.2, 0) is 11.3 Å². The molecule has 1 aromatic carbocycles. The van der Waals surface area contributed by atoms with E-state index < -0.39 is 0 Å². The van der Waals surface area contributed by atoms with Gasteiger partial charge >= 0.3 is 0 Å². The molecule has 0 spiro atoms. The average Bonchev–Trinajstić information content (AvgIpc) is 2.97. The van der Waals surface area contributed by atoms with E-state index in [1.165, 1.54) is 0 Å². The summed E-state index contributed by atoms with van der Waals surface area (Å²) in [6.45, 7) is 0.880. The third-order valence-corrected chi connectivity index (χ3v) is 4.39. The van der Waals surface area contributed by atoms with Crippen LogP contribution in [0.25, 0.3) is 0 Å². The fourth-order valence-electron chi connectivity index (χ4n) is 2.02. The molecule has 0 radical (unpaired) electrons. The number of carbonyl (C=O) groups excluding carboxylic acids is 1. The molecule has 100 valence electrons. The number of hydrogen-bond acceptors (Lipinski definition) is 3. The first-order chi connectivity index (χ1) is 9.31. The zero-order chi connectivity index (χ0) is 13.5. The molecule has 3 N–H and O–H groups in total. The van der Waals surface area contributed by atoms with E-state index in [0.717, 1.165) is 29.7 Å². The Kier molecular flexibility index (Phi) is 5.31. The molecule has 1 fully saturated rings. The van der Waals surface area contributed by atoms with Crippen LogP contribution < -0.4 is 11.1 Å². The highest BCUT2D eigenvalue weighted by atomic mass is 32.2.